The Kier molecular flexibility index (Phi) is 7.52. The van der Waals surface area contributed by atoms with Crippen molar-refractivity contribution in [1.29, 1.82) is 0 Å². The van der Waals surface area contributed by atoms with Crippen molar-refractivity contribution in [3.8, 4) is 0 Å². The zero-order chi connectivity index (χ0) is 19.1. The molecule has 0 aliphatic rings. The molecule has 0 bridgehead atoms. The molecule has 0 aliphatic heterocycles. The van der Waals surface area contributed by atoms with Gasteiger partial charge >= 0.3 is 0 Å². The molecule has 0 saturated heterocycles. The summed E-state index contributed by atoms with van der Waals surface area (Å²) in [6.45, 7) is 3.94. The predicted molar refractivity (Wildman–Crippen MR) is 118 cm³/mol. The van der Waals surface area contributed by atoms with Crippen molar-refractivity contribution in [3.63, 3.8) is 0 Å². The fourth-order valence-corrected chi connectivity index (χ4v) is 2.92. The van der Waals surface area contributed by atoms with Gasteiger partial charge in [-0.1, -0.05) is 19.1 Å². The summed E-state index contributed by atoms with van der Waals surface area (Å²) in [5.41, 5.74) is 3.02. The minimum Gasteiger partial charge on any atom is -0.332 e. The summed E-state index contributed by atoms with van der Waals surface area (Å²) in [5, 5.41) is 8.64. The topological polar surface area (TPSA) is 70.2 Å². The number of halogens is 1. The van der Waals surface area contributed by atoms with Crippen LogP contribution in [-0.4, -0.2) is 16.9 Å². The third-order valence-electron chi connectivity index (χ3n) is 3.54. The van der Waals surface area contributed by atoms with Crippen molar-refractivity contribution < 1.29 is 9.59 Å². The van der Waals surface area contributed by atoms with Crippen LogP contribution < -0.4 is 16.0 Å². The Labute approximate surface area is 172 Å². The van der Waals surface area contributed by atoms with E-state index in [1.165, 1.54) is 0 Å². The van der Waals surface area contributed by atoms with Gasteiger partial charge in [-0.15, -0.1) is 0 Å². The number of hydrogen-bond acceptors (Lipinski definition) is 3. The van der Waals surface area contributed by atoms with Crippen LogP contribution in [0.5, 0.6) is 0 Å². The minimum atomic E-state index is -0.271. The molecular weight excluding hydrogens is 461 g/mol. The molecule has 0 saturated carbocycles. The number of rotatable bonds is 5. The molecule has 0 radical (unpaired) electrons. The van der Waals surface area contributed by atoms with Gasteiger partial charge in [0, 0.05) is 26.9 Å². The molecule has 3 N–H and O–H groups in total. The first kappa shape index (κ1) is 20.3. The molecule has 0 aliphatic carbocycles. The van der Waals surface area contributed by atoms with Gasteiger partial charge in [-0.05, 0) is 84.0 Å². The first-order chi connectivity index (χ1) is 12.4. The number of hydrogen-bond donors (Lipinski definition) is 3. The van der Waals surface area contributed by atoms with Crippen molar-refractivity contribution >= 4 is 63.1 Å². The van der Waals surface area contributed by atoms with E-state index in [0.717, 1.165) is 15.6 Å². The van der Waals surface area contributed by atoms with Crippen LogP contribution in [0.2, 0.25) is 0 Å². The van der Waals surface area contributed by atoms with Crippen LogP contribution >= 0.6 is 34.8 Å². The normalized spacial score (nSPS) is 10.1. The lowest BCUT2D eigenvalue weighted by Gasteiger charge is -2.12. The van der Waals surface area contributed by atoms with Crippen LogP contribution in [0.15, 0.2) is 42.5 Å². The van der Waals surface area contributed by atoms with Gasteiger partial charge in [-0.25, -0.2) is 0 Å². The first-order valence-corrected chi connectivity index (χ1v) is 9.66. The molecule has 5 nitrogen and oxygen atoms in total. The molecule has 0 unspecified atom stereocenters. The summed E-state index contributed by atoms with van der Waals surface area (Å²) >= 11 is 7.40. The molecule has 2 aromatic carbocycles. The number of anilines is 2. The van der Waals surface area contributed by atoms with E-state index >= 15 is 0 Å². The lowest BCUT2D eigenvalue weighted by molar-refractivity contribution is -0.116. The standard InChI is InChI=1S/C19H20IN3O2S/c1-3-5-17(24)21-14-6-4-7-15(11-14)22-19(26)23-18(25)13-9-8-12(2)16(20)10-13/h4,6-11H,3,5H2,1-2H3,(H,21,24)(H2,22,23,25,26). The number of benzene rings is 2. The largest absolute Gasteiger partial charge is 0.332 e. The summed E-state index contributed by atoms with van der Waals surface area (Å²) in [4.78, 5) is 24.0. The first-order valence-electron chi connectivity index (χ1n) is 8.17. The van der Waals surface area contributed by atoms with E-state index in [0.29, 0.717) is 23.4 Å². The molecule has 2 amide bonds. The van der Waals surface area contributed by atoms with Gasteiger partial charge in [0.15, 0.2) is 5.11 Å². The second-order valence-electron chi connectivity index (χ2n) is 5.75. The Morgan fingerprint density at radius 1 is 1.08 bits per heavy atom. The molecule has 7 heteroatoms. The Bertz CT molecular complexity index is 839. The Morgan fingerprint density at radius 3 is 2.42 bits per heavy atom. The molecule has 136 valence electrons. The zero-order valence-electron chi connectivity index (χ0n) is 14.6. The number of aryl methyl sites for hydroxylation is 1. The van der Waals surface area contributed by atoms with Crippen molar-refractivity contribution in [2.24, 2.45) is 0 Å². The van der Waals surface area contributed by atoms with E-state index in [1.807, 2.05) is 32.0 Å². The average molecular weight is 481 g/mol. The molecule has 26 heavy (non-hydrogen) atoms. The molecule has 0 atom stereocenters. The summed E-state index contributed by atoms with van der Waals surface area (Å²) < 4.78 is 1.02. The van der Waals surface area contributed by atoms with Crippen LogP contribution in [0, 0.1) is 10.5 Å². The molecular formula is C19H20IN3O2S. The lowest BCUT2D eigenvalue weighted by atomic mass is 10.1. The van der Waals surface area contributed by atoms with E-state index in [2.05, 4.69) is 38.5 Å². The maximum atomic E-state index is 12.3. The van der Waals surface area contributed by atoms with Gasteiger partial charge in [0.2, 0.25) is 5.91 Å². The fourth-order valence-electron chi connectivity index (χ4n) is 2.20. The van der Waals surface area contributed by atoms with E-state index in [4.69, 9.17) is 12.2 Å². The Hall–Kier alpha value is -2.00. The van der Waals surface area contributed by atoms with Gasteiger partial charge in [-0.3, -0.25) is 14.9 Å². The molecule has 2 rings (SSSR count). The van der Waals surface area contributed by atoms with Gasteiger partial charge in [0.1, 0.15) is 0 Å². The van der Waals surface area contributed by atoms with Crippen molar-refractivity contribution in [2.75, 3.05) is 10.6 Å². The molecule has 0 heterocycles. The van der Waals surface area contributed by atoms with Gasteiger partial charge in [-0.2, -0.15) is 0 Å². The average Bonchev–Trinajstić information content (AvgIpc) is 2.57. The van der Waals surface area contributed by atoms with E-state index in [9.17, 15) is 9.59 Å². The summed E-state index contributed by atoms with van der Waals surface area (Å²) in [7, 11) is 0. The summed E-state index contributed by atoms with van der Waals surface area (Å²) in [6, 6.07) is 12.7. The maximum Gasteiger partial charge on any atom is 0.257 e. The molecule has 2 aromatic rings. The van der Waals surface area contributed by atoms with Crippen LogP contribution in [-0.2, 0) is 4.79 Å². The van der Waals surface area contributed by atoms with E-state index < -0.39 is 0 Å². The molecule has 0 aromatic heterocycles. The minimum absolute atomic E-state index is 0.0329. The third-order valence-corrected chi connectivity index (χ3v) is 4.91. The quantitative estimate of drug-likeness (QED) is 0.436. The number of amides is 2. The monoisotopic (exact) mass is 481 g/mol. The van der Waals surface area contributed by atoms with Gasteiger partial charge in [0.05, 0.1) is 0 Å². The number of carbonyl (C=O) groups excluding carboxylic acids is 2. The second kappa shape index (κ2) is 9.63. The van der Waals surface area contributed by atoms with E-state index in [1.54, 1.807) is 24.3 Å². The fraction of sp³-hybridized carbons (Fsp3) is 0.211. The van der Waals surface area contributed by atoms with Crippen LogP contribution in [0.25, 0.3) is 0 Å². The molecule has 0 spiro atoms. The Morgan fingerprint density at radius 2 is 1.77 bits per heavy atom. The van der Waals surface area contributed by atoms with Crippen LogP contribution in [0.4, 0.5) is 11.4 Å². The van der Waals surface area contributed by atoms with Crippen LogP contribution in [0.1, 0.15) is 35.7 Å². The predicted octanol–water partition coefficient (Wildman–Crippen LogP) is 4.47. The highest BCUT2D eigenvalue weighted by molar-refractivity contribution is 14.1. The second-order valence-corrected chi connectivity index (χ2v) is 7.32. The third kappa shape index (κ3) is 6.06. The van der Waals surface area contributed by atoms with Gasteiger partial charge < -0.3 is 10.6 Å². The highest BCUT2D eigenvalue weighted by atomic mass is 127. The highest BCUT2D eigenvalue weighted by Crippen LogP contribution is 2.16. The van der Waals surface area contributed by atoms with Crippen LogP contribution in [0.3, 0.4) is 0 Å². The van der Waals surface area contributed by atoms with Crippen molar-refractivity contribution in [1.82, 2.24) is 5.32 Å². The number of thiocarbonyl (C=S) groups is 1. The smallest absolute Gasteiger partial charge is 0.257 e. The lowest BCUT2D eigenvalue weighted by Crippen LogP contribution is -2.34. The van der Waals surface area contributed by atoms with Gasteiger partial charge in [0.25, 0.3) is 5.91 Å². The van der Waals surface area contributed by atoms with Crippen molar-refractivity contribution in [3.05, 3.63) is 57.2 Å². The highest BCUT2D eigenvalue weighted by Gasteiger charge is 2.10. The van der Waals surface area contributed by atoms with Crippen molar-refractivity contribution in [2.45, 2.75) is 26.7 Å². The number of carbonyl (C=O) groups is 2. The Balaban J connectivity index is 1.97. The zero-order valence-corrected chi connectivity index (χ0v) is 17.5. The SMILES string of the molecule is CCCC(=O)Nc1cccc(NC(=S)NC(=O)c2ccc(C)c(I)c2)c1. The maximum absolute atomic E-state index is 12.3. The summed E-state index contributed by atoms with van der Waals surface area (Å²) in [6.07, 6.45) is 1.26. The summed E-state index contributed by atoms with van der Waals surface area (Å²) in [5.74, 6) is -0.303. The van der Waals surface area contributed by atoms with E-state index in [-0.39, 0.29) is 16.9 Å². The molecule has 0 fully saturated rings. The number of nitrogens with one attached hydrogen (secondary N) is 3.